The molecule has 0 unspecified atom stereocenters. The number of halogens is 1. The maximum absolute atomic E-state index is 14.2. The first kappa shape index (κ1) is 14.9. The zero-order valence-electron chi connectivity index (χ0n) is 13.0. The summed E-state index contributed by atoms with van der Waals surface area (Å²) < 4.78 is 14.2. The lowest BCUT2D eigenvalue weighted by molar-refractivity contribution is 0.455. The summed E-state index contributed by atoms with van der Waals surface area (Å²) in [6, 6.07) is 6.83. The van der Waals surface area contributed by atoms with Crippen LogP contribution >= 0.6 is 0 Å². The molecule has 22 heavy (non-hydrogen) atoms. The van der Waals surface area contributed by atoms with Crippen molar-refractivity contribution in [1.29, 1.82) is 0 Å². The summed E-state index contributed by atoms with van der Waals surface area (Å²) in [5, 5.41) is 3.41. The van der Waals surface area contributed by atoms with Crippen LogP contribution in [0.2, 0.25) is 0 Å². The lowest BCUT2D eigenvalue weighted by Gasteiger charge is -2.25. The van der Waals surface area contributed by atoms with Crippen molar-refractivity contribution in [2.75, 3.05) is 32.1 Å². The number of anilines is 1. The van der Waals surface area contributed by atoms with Crippen LogP contribution in [0.5, 0.6) is 0 Å². The third-order valence-electron chi connectivity index (χ3n) is 4.05. The summed E-state index contributed by atoms with van der Waals surface area (Å²) in [4.78, 5) is 11.0. The molecule has 1 aliphatic heterocycles. The highest BCUT2D eigenvalue weighted by atomic mass is 19.1. The smallest absolute Gasteiger partial charge is 0.225 e. The number of nitrogens with zero attached hydrogens (tertiary/aromatic N) is 3. The van der Waals surface area contributed by atoms with E-state index in [1.165, 1.54) is 6.07 Å². The van der Waals surface area contributed by atoms with Gasteiger partial charge in [0.25, 0.3) is 0 Å². The minimum atomic E-state index is -0.228. The average Bonchev–Trinajstić information content (AvgIpc) is 2.55. The van der Waals surface area contributed by atoms with E-state index in [1.807, 2.05) is 25.1 Å². The van der Waals surface area contributed by atoms with E-state index in [1.54, 1.807) is 18.3 Å². The Labute approximate surface area is 130 Å². The van der Waals surface area contributed by atoms with Crippen molar-refractivity contribution in [3.05, 3.63) is 42.0 Å². The van der Waals surface area contributed by atoms with Crippen LogP contribution in [0.15, 0.2) is 30.5 Å². The van der Waals surface area contributed by atoms with Gasteiger partial charge in [-0.25, -0.2) is 14.4 Å². The van der Waals surface area contributed by atoms with Gasteiger partial charge in [0.1, 0.15) is 5.82 Å². The average molecular weight is 300 g/mol. The zero-order valence-corrected chi connectivity index (χ0v) is 13.0. The second-order valence-electron chi connectivity index (χ2n) is 5.89. The van der Waals surface area contributed by atoms with Crippen LogP contribution in [0.4, 0.5) is 10.3 Å². The fourth-order valence-corrected chi connectivity index (χ4v) is 2.88. The highest BCUT2D eigenvalue weighted by Crippen LogP contribution is 2.33. The van der Waals surface area contributed by atoms with Gasteiger partial charge in [-0.3, -0.25) is 0 Å². The van der Waals surface area contributed by atoms with Gasteiger partial charge in [-0.2, -0.15) is 0 Å². The van der Waals surface area contributed by atoms with Crippen LogP contribution in [0.25, 0.3) is 11.1 Å². The van der Waals surface area contributed by atoms with Crippen molar-refractivity contribution < 1.29 is 4.39 Å². The van der Waals surface area contributed by atoms with Crippen LogP contribution in [0.3, 0.4) is 0 Å². The molecule has 0 bridgehead atoms. The normalized spacial score (nSPS) is 18.2. The maximum atomic E-state index is 14.2. The minimum Gasteiger partial charge on any atom is -0.347 e. The monoisotopic (exact) mass is 300 g/mol. The van der Waals surface area contributed by atoms with Crippen LogP contribution in [-0.2, 0) is 0 Å². The molecular formula is C17H21FN4. The molecule has 0 radical (unpaired) electrons. The zero-order chi connectivity index (χ0) is 15.5. The van der Waals surface area contributed by atoms with Gasteiger partial charge in [0.2, 0.25) is 5.95 Å². The van der Waals surface area contributed by atoms with E-state index >= 15 is 0 Å². The molecule has 0 aliphatic carbocycles. The Hall–Kier alpha value is -2.01. The summed E-state index contributed by atoms with van der Waals surface area (Å²) in [6.07, 6.45) is 3.94. The van der Waals surface area contributed by atoms with Crippen molar-refractivity contribution in [1.82, 2.24) is 15.3 Å². The molecule has 0 spiro atoms. The number of rotatable bonds is 3. The molecule has 1 aromatic heterocycles. The molecule has 1 N–H and O–H groups in total. The lowest BCUT2D eigenvalue weighted by Crippen LogP contribution is -2.29. The van der Waals surface area contributed by atoms with E-state index in [-0.39, 0.29) is 5.82 Å². The molecular weight excluding hydrogens is 279 g/mol. The molecule has 116 valence electrons. The van der Waals surface area contributed by atoms with Crippen LogP contribution in [-0.4, -0.2) is 37.2 Å². The summed E-state index contributed by atoms with van der Waals surface area (Å²) in [7, 11) is 3.84. The van der Waals surface area contributed by atoms with E-state index in [2.05, 4.69) is 10.3 Å². The number of hydrogen-bond donors (Lipinski definition) is 1. The van der Waals surface area contributed by atoms with E-state index in [0.717, 1.165) is 37.2 Å². The highest BCUT2D eigenvalue weighted by molar-refractivity contribution is 5.67. The molecule has 1 aliphatic rings. The molecule has 1 fully saturated rings. The molecule has 0 saturated carbocycles. The standard InChI is InChI=1S/C17H21FN4/c1-22(2)17-20-11-14(13-7-3-4-8-15(13)18)16(21-17)12-6-5-9-19-10-12/h3-4,7-8,11-12,19H,5-6,9-10H2,1-2H3/t12-/m1/s1. The van der Waals surface area contributed by atoms with Gasteiger partial charge < -0.3 is 10.2 Å². The highest BCUT2D eigenvalue weighted by Gasteiger charge is 2.23. The first-order chi connectivity index (χ1) is 10.7. The lowest BCUT2D eigenvalue weighted by atomic mass is 9.91. The first-order valence-corrected chi connectivity index (χ1v) is 7.66. The van der Waals surface area contributed by atoms with Gasteiger partial charge in [0.15, 0.2) is 0 Å². The Kier molecular flexibility index (Phi) is 4.34. The van der Waals surface area contributed by atoms with Crippen molar-refractivity contribution >= 4 is 5.95 Å². The summed E-state index contributed by atoms with van der Waals surface area (Å²) in [5.41, 5.74) is 2.32. The molecule has 1 aromatic carbocycles. The summed E-state index contributed by atoms with van der Waals surface area (Å²) in [6.45, 7) is 1.92. The van der Waals surface area contributed by atoms with Gasteiger partial charge in [-0.1, -0.05) is 18.2 Å². The van der Waals surface area contributed by atoms with Gasteiger partial charge >= 0.3 is 0 Å². The van der Waals surface area contributed by atoms with Crippen molar-refractivity contribution in [2.24, 2.45) is 0 Å². The van der Waals surface area contributed by atoms with Crippen LogP contribution in [0.1, 0.15) is 24.5 Å². The predicted molar refractivity (Wildman–Crippen MR) is 86.6 cm³/mol. The minimum absolute atomic E-state index is 0.228. The Morgan fingerprint density at radius 2 is 2.05 bits per heavy atom. The van der Waals surface area contributed by atoms with Crippen LogP contribution in [0, 0.1) is 5.82 Å². The fraction of sp³-hybridized carbons (Fsp3) is 0.412. The quantitative estimate of drug-likeness (QED) is 0.946. The summed E-state index contributed by atoms with van der Waals surface area (Å²) >= 11 is 0. The topological polar surface area (TPSA) is 41.1 Å². The molecule has 1 atom stereocenters. The predicted octanol–water partition coefficient (Wildman–Crippen LogP) is 2.82. The van der Waals surface area contributed by atoms with Gasteiger partial charge in [-0.05, 0) is 25.5 Å². The third-order valence-corrected chi connectivity index (χ3v) is 4.05. The molecule has 3 rings (SSSR count). The molecule has 1 saturated heterocycles. The Morgan fingerprint density at radius 1 is 1.23 bits per heavy atom. The Balaban J connectivity index is 2.10. The molecule has 2 aromatic rings. The van der Waals surface area contributed by atoms with Crippen molar-refractivity contribution in [3.8, 4) is 11.1 Å². The van der Waals surface area contributed by atoms with E-state index in [9.17, 15) is 4.39 Å². The Bertz CT molecular complexity index is 651. The number of nitrogens with one attached hydrogen (secondary N) is 1. The number of benzene rings is 1. The van der Waals surface area contributed by atoms with E-state index < -0.39 is 0 Å². The van der Waals surface area contributed by atoms with Crippen molar-refractivity contribution in [2.45, 2.75) is 18.8 Å². The molecule has 0 amide bonds. The third kappa shape index (κ3) is 2.95. The van der Waals surface area contributed by atoms with Gasteiger partial charge in [0, 0.05) is 43.9 Å². The SMILES string of the molecule is CN(C)c1ncc(-c2ccccc2F)c([C@@H]2CCCNC2)n1. The fourth-order valence-electron chi connectivity index (χ4n) is 2.88. The molecule has 4 nitrogen and oxygen atoms in total. The van der Waals surface area contributed by atoms with Crippen molar-refractivity contribution in [3.63, 3.8) is 0 Å². The molecule has 5 heteroatoms. The Morgan fingerprint density at radius 3 is 2.73 bits per heavy atom. The van der Waals surface area contributed by atoms with Gasteiger partial charge in [0.05, 0.1) is 5.69 Å². The maximum Gasteiger partial charge on any atom is 0.225 e. The second kappa shape index (κ2) is 6.40. The number of hydrogen-bond acceptors (Lipinski definition) is 4. The first-order valence-electron chi connectivity index (χ1n) is 7.66. The molecule has 2 heterocycles. The van der Waals surface area contributed by atoms with E-state index in [0.29, 0.717) is 17.4 Å². The largest absolute Gasteiger partial charge is 0.347 e. The number of aromatic nitrogens is 2. The van der Waals surface area contributed by atoms with Gasteiger partial charge in [-0.15, -0.1) is 0 Å². The van der Waals surface area contributed by atoms with E-state index in [4.69, 9.17) is 4.98 Å². The summed E-state index contributed by atoms with van der Waals surface area (Å²) in [5.74, 6) is 0.736. The van der Waals surface area contributed by atoms with Crippen LogP contribution < -0.4 is 10.2 Å². The number of piperidine rings is 1. The second-order valence-corrected chi connectivity index (χ2v) is 5.89.